The quantitative estimate of drug-likeness (QED) is 0.189. The number of rotatable bonds is 0. The van der Waals surface area contributed by atoms with E-state index in [1.165, 1.54) is 0 Å². The molecule has 0 bridgehead atoms. The summed E-state index contributed by atoms with van der Waals surface area (Å²) in [7, 11) is -4.67. The van der Waals surface area contributed by atoms with Crippen molar-refractivity contribution < 1.29 is 33.1 Å². The highest BCUT2D eigenvalue weighted by Crippen LogP contribution is 1.59. The second kappa shape index (κ2) is 11.5. The highest BCUT2D eigenvalue weighted by atomic mass is 32.3. The molecule has 0 aromatic heterocycles. The maximum Gasteiger partial charge on any atom is 0.394 e. The van der Waals surface area contributed by atoms with Gasteiger partial charge in [0.25, 0.3) is 0 Å². The fourth-order valence-corrected chi connectivity index (χ4v) is 0. The van der Waals surface area contributed by atoms with E-state index in [4.69, 9.17) is 33.1 Å². The van der Waals surface area contributed by atoms with Crippen molar-refractivity contribution in [2.24, 2.45) is 0 Å². The zero-order valence-corrected chi connectivity index (χ0v) is 5.98. The van der Waals surface area contributed by atoms with Gasteiger partial charge in [-0.15, -0.1) is 0 Å². The second-order valence-corrected chi connectivity index (χ2v) is 1.66. The Morgan fingerprint density at radius 2 is 1.20 bits per heavy atom. The topological polar surface area (TPSA) is 135 Å². The summed E-state index contributed by atoms with van der Waals surface area (Å²) in [6.07, 6.45) is 0. The molecule has 0 aromatic carbocycles. The molecule has 0 amide bonds. The van der Waals surface area contributed by atoms with Gasteiger partial charge in [0.1, 0.15) is 0 Å². The van der Waals surface area contributed by atoms with Crippen molar-refractivity contribution in [1.29, 1.82) is 0 Å². The molecule has 0 fully saturated rings. The molecular weight excluding hydrogens is 168 g/mol. The van der Waals surface area contributed by atoms with Gasteiger partial charge in [0, 0.05) is 6.61 Å². The molecular formula is C2H10O7S. The lowest BCUT2D eigenvalue weighted by molar-refractivity contribution is -0.176. The van der Waals surface area contributed by atoms with Gasteiger partial charge in [-0.25, -0.2) is 0 Å². The van der Waals surface area contributed by atoms with E-state index >= 15 is 0 Å². The van der Waals surface area contributed by atoms with Crippen molar-refractivity contribution in [1.82, 2.24) is 0 Å². The summed E-state index contributed by atoms with van der Waals surface area (Å²) in [5.74, 6) is 0. The molecule has 8 heteroatoms. The minimum Gasteiger partial charge on any atom is -0.397 e. The summed E-state index contributed by atoms with van der Waals surface area (Å²) < 4.78 is 31.6. The van der Waals surface area contributed by atoms with Gasteiger partial charge in [-0.1, -0.05) is 0 Å². The smallest absolute Gasteiger partial charge is 0.394 e. The second-order valence-electron chi connectivity index (χ2n) is 0.764. The van der Waals surface area contributed by atoms with Crippen LogP contribution in [0.15, 0.2) is 0 Å². The van der Waals surface area contributed by atoms with Crippen LogP contribution in [-0.4, -0.2) is 39.8 Å². The predicted molar refractivity (Wildman–Crippen MR) is 32.2 cm³/mol. The van der Waals surface area contributed by atoms with Crippen molar-refractivity contribution in [2.45, 2.75) is 6.92 Å². The number of hydrogen-bond donors (Lipinski definition) is 5. The molecule has 0 unspecified atom stereocenters. The van der Waals surface area contributed by atoms with Crippen LogP contribution in [0.25, 0.3) is 0 Å². The fraction of sp³-hybridized carbons (Fsp3) is 1.00. The Hall–Kier alpha value is -0.250. The van der Waals surface area contributed by atoms with E-state index in [9.17, 15) is 0 Å². The minimum absolute atomic E-state index is 0.250. The third-order valence-corrected chi connectivity index (χ3v) is 0. The maximum absolute atomic E-state index is 8.74. The van der Waals surface area contributed by atoms with Crippen LogP contribution in [0.1, 0.15) is 6.92 Å². The van der Waals surface area contributed by atoms with Crippen LogP contribution >= 0.6 is 0 Å². The highest BCUT2D eigenvalue weighted by Gasteiger charge is 1.84. The molecule has 10 heavy (non-hydrogen) atoms. The fourth-order valence-electron chi connectivity index (χ4n) is 0. The molecule has 7 nitrogen and oxygen atoms in total. The largest absolute Gasteiger partial charge is 0.397 e. The van der Waals surface area contributed by atoms with Gasteiger partial charge >= 0.3 is 10.4 Å². The first kappa shape index (κ1) is 16.4. The molecule has 0 atom stereocenters. The Bertz CT molecular complexity index is 106. The average Bonchev–Trinajstić information content (AvgIpc) is 1.68. The Balaban J connectivity index is -0.0000000847. The van der Waals surface area contributed by atoms with Gasteiger partial charge in [-0.05, 0) is 6.92 Å². The molecule has 0 rings (SSSR count). The Morgan fingerprint density at radius 1 is 1.20 bits per heavy atom. The molecule has 0 aliphatic heterocycles. The monoisotopic (exact) mass is 178 g/mol. The van der Waals surface area contributed by atoms with Gasteiger partial charge in [-0.3, -0.25) is 19.6 Å². The van der Waals surface area contributed by atoms with E-state index in [-0.39, 0.29) is 6.61 Å². The third-order valence-electron chi connectivity index (χ3n) is 0. The zero-order chi connectivity index (χ0) is 9.21. The average molecular weight is 178 g/mol. The molecule has 5 N–H and O–H groups in total. The molecule has 0 saturated carbocycles. The van der Waals surface area contributed by atoms with Crippen LogP contribution in [0.4, 0.5) is 0 Å². The number of aliphatic hydroxyl groups is 1. The normalized spacial score (nSPS) is 8.20. The van der Waals surface area contributed by atoms with E-state index in [1.807, 2.05) is 0 Å². The van der Waals surface area contributed by atoms with E-state index in [2.05, 4.69) is 0 Å². The van der Waals surface area contributed by atoms with Crippen LogP contribution in [0.5, 0.6) is 0 Å². The first-order valence-electron chi connectivity index (χ1n) is 1.92. The van der Waals surface area contributed by atoms with Gasteiger partial charge < -0.3 is 5.11 Å². The number of aliphatic hydroxyl groups excluding tert-OH is 1. The van der Waals surface area contributed by atoms with Crippen molar-refractivity contribution in [3.8, 4) is 0 Å². The van der Waals surface area contributed by atoms with E-state index in [1.54, 1.807) is 6.92 Å². The van der Waals surface area contributed by atoms with Crippen molar-refractivity contribution in [3.05, 3.63) is 0 Å². The van der Waals surface area contributed by atoms with Gasteiger partial charge in [0.05, 0.1) is 0 Å². The van der Waals surface area contributed by atoms with Crippen molar-refractivity contribution >= 4 is 10.4 Å². The number of hydrogen-bond acceptors (Lipinski definition) is 5. The Kier molecular flexibility index (Phi) is 18.9. The van der Waals surface area contributed by atoms with Gasteiger partial charge in [-0.2, -0.15) is 8.42 Å². The molecule has 0 aliphatic carbocycles. The van der Waals surface area contributed by atoms with Crippen molar-refractivity contribution in [3.63, 3.8) is 0 Å². The van der Waals surface area contributed by atoms with Crippen molar-refractivity contribution in [2.75, 3.05) is 6.61 Å². The first-order chi connectivity index (χ1) is 4.41. The van der Waals surface area contributed by atoms with E-state index < -0.39 is 10.4 Å². The SMILES string of the molecule is CCO.O=S(=O)(O)O.OO. The lowest BCUT2D eigenvalue weighted by Crippen LogP contribution is -1.89. The summed E-state index contributed by atoms with van der Waals surface area (Å²) in [5, 5.41) is 19.6. The minimum atomic E-state index is -4.67. The van der Waals surface area contributed by atoms with Crippen LogP contribution in [-0.2, 0) is 10.4 Å². The van der Waals surface area contributed by atoms with Crippen LogP contribution in [0.3, 0.4) is 0 Å². The lowest BCUT2D eigenvalue weighted by atomic mass is 10.9. The zero-order valence-electron chi connectivity index (χ0n) is 5.17. The third kappa shape index (κ3) is 5650. The molecule has 0 spiro atoms. The summed E-state index contributed by atoms with van der Waals surface area (Å²) in [6, 6.07) is 0. The van der Waals surface area contributed by atoms with Gasteiger partial charge in [0.15, 0.2) is 0 Å². The molecule has 0 aliphatic rings. The Morgan fingerprint density at radius 3 is 1.20 bits per heavy atom. The van der Waals surface area contributed by atoms with Gasteiger partial charge in [0.2, 0.25) is 0 Å². The van der Waals surface area contributed by atoms with Crippen LogP contribution in [0.2, 0.25) is 0 Å². The summed E-state index contributed by atoms with van der Waals surface area (Å²) in [6.45, 7) is 1.93. The summed E-state index contributed by atoms with van der Waals surface area (Å²) in [5.41, 5.74) is 0. The summed E-state index contributed by atoms with van der Waals surface area (Å²) >= 11 is 0. The molecule has 66 valence electrons. The standard InChI is InChI=1S/C2H6O.H2O4S.H2O2/c1-2-3;1-5(2,3)4;1-2/h3H,2H2,1H3;(H2,1,2,3,4);1-2H. The van der Waals surface area contributed by atoms with E-state index in [0.717, 1.165) is 0 Å². The van der Waals surface area contributed by atoms with Crippen LogP contribution < -0.4 is 0 Å². The summed E-state index contributed by atoms with van der Waals surface area (Å²) in [4.78, 5) is 0. The molecule has 0 radical (unpaired) electrons. The predicted octanol–water partition coefficient (Wildman–Crippen LogP) is -0.637. The molecule has 0 heterocycles. The lowest BCUT2D eigenvalue weighted by Gasteiger charge is -1.68. The first-order valence-corrected chi connectivity index (χ1v) is 3.32. The molecule has 0 saturated heterocycles. The molecule has 0 aromatic rings. The Labute approximate surface area is 58.1 Å². The van der Waals surface area contributed by atoms with Crippen LogP contribution in [0, 0.1) is 0 Å². The van der Waals surface area contributed by atoms with E-state index in [0.29, 0.717) is 0 Å². The maximum atomic E-state index is 8.74. The highest BCUT2D eigenvalue weighted by molar-refractivity contribution is 7.79.